The zero-order chi connectivity index (χ0) is 40.1. The molecule has 0 aliphatic heterocycles. The van der Waals surface area contributed by atoms with Crippen LogP contribution in [-0.4, -0.2) is 37.2 Å². The number of ether oxygens (including phenoxy) is 3. The summed E-state index contributed by atoms with van der Waals surface area (Å²) in [7, 11) is 0. The third-order valence-electron chi connectivity index (χ3n) is 9.54. The van der Waals surface area contributed by atoms with Crippen molar-refractivity contribution in [2.75, 3.05) is 13.2 Å². The zero-order valence-corrected chi connectivity index (χ0v) is 35.9. The van der Waals surface area contributed by atoms with Gasteiger partial charge in [0, 0.05) is 19.3 Å². The predicted octanol–water partition coefficient (Wildman–Crippen LogP) is 14.5. The van der Waals surface area contributed by atoms with Crippen LogP contribution >= 0.6 is 0 Å². The highest BCUT2D eigenvalue weighted by Crippen LogP contribution is 2.14. The van der Waals surface area contributed by atoms with Crippen LogP contribution < -0.4 is 0 Å². The van der Waals surface area contributed by atoms with Crippen molar-refractivity contribution >= 4 is 17.9 Å². The molecule has 0 aromatic rings. The van der Waals surface area contributed by atoms with Crippen LogP contribution in [0.3, 0.4) is 0 Å². The minimum absolute atomic E-state index is 0.0946. The van der Waals surface area contributed by atoms with Gasteiger partial charge in [-0.2, -0.15) is 0 Å². The topological polar surface area (TPSA) is 78.9 Å². The lowest BCUT2D eigenvalue weighted by Gasteiger charge is -2.18. The first-order valence-electron chi connectivity index (χ1n) is 22.8. The molecule has 0 bridgehead atoms. The largest absolute Gasteiger partial charge is 0.462 e. The van der Waals surface area contributed by atoms with Crippen molar-refractivity contribution in [3.05, 3.63) is 60.8 Å². The smallest absolute Gasteiger partial charge is 0.306 e. The van der Waals surface area contributed by atoms with E-state index in [1.54, 1.807) is 0 Å². The number of unbranched alkanes of at least 4 members (excludes halogenated alkanes) is 19. The Morgan fingerprint density at radius 1 is 0.382 bits per heavy atom. The van der Waals surface area contributed by atoms with Gasteiger partial charge in [0.05, 0.1) is 0 Å². The molecule has 0 aromatic carbocycles. The molecule has 0 unspecified atom stereocenters. The van der Waals surface area contributed by atoms with Crippen LogP contribution in [0.4, 0.5) is 0 Å². The van der Waals surface area contributed by atoms with E-state index in [1.807, 2.05) is 0 Å². The second-order valence-electron chi connectivity index (χ2n) is 14.9. The Bertz CT molecular complexity index is 982. The summed E-state index contributed by atoms with van der Waals surface area (Å²) in [5.41, 5.74) is 0. The summed E-state index contributed by atoms with van der Waals surface area (Å²) in [6.45, 7) is 6.44. The Morgan fingerprint density at radius 2 is 0.709 bits per heavy atom. The fourth-order valence-electron chi connectivity index (χ4n) is 6.12. The summed E-state index contributed by atoms with van der Waals surface area (Å²) in [4.78, 5) is 37.6. The Hall–Kier alpha value is -2.89. The highest BCUT2D eigenvalue weighted by Gasteiger charge is 2.19. The van der Waals surface area contributed by atoms with Gasteiger partial charge >= 0.3 is 17.9 Å². The molecule has 0 saturated heterocycles. The molecule has 55 heavy (non-hydrogen) atoms. The first-order valence-corrected chi connectivity index (χ1v) is 22.8. The highest BCUT2D eigenvalue weighted by atomic mass is 16.6. The fraction of sp³-hybridized carbons (Fsp3) is 0.735. The lowest BCUT2D eigenvalue weighted by Crippen LogP contribution is -2.30. The van der Waals surface area contributed by atoms with E-state index in [9.17, 15) is 14.4 Å². The Kier molecular flexibility index (Phi) is 41.5. The van der Waals surface area contributed by atoms with Crippen molar-refractivity contribution in [2.45, 2.75) is 219 Å². The van der Waals surface area contributed by atoms with Crippen molar-refractivity contribution in [3.63, 3.8) is 0 Å². The first-order chi connectivity index (χ1) is 27.0. The maximum atomic E-state index is 12.7. The minimum Gasteiger partial charge on any atom is -0.462 e. The van der Waals surface area contributed by atoms with E-state index in [-0.39, 0.29) is 37.5 Å². The van der Waals surface area contributed by atoms with E-state index in [1.165, 1.54) is 89.9 Å². The van der Waals surface area contributed by atoms with Gasteiger partial charge in [-0.15, -0.1) is 0 Å². The van der Waals surface area contributed by atoms with Crippen LogP contribution in [0.1, 0.15) is 213 Å². The van der Waals surface area contributed by atoms with Gasteiger partial charge in [0.1, 0.15) is 13.2 Å². The molecule has 0 heterocycles. The number of allylic oxidation sites excluding steroid dienone is 10. The van der Waals surface area contributed by atoms with Crippen LogP contribution in [0, 0.1) is 0 Å². The number of carbonyl (C=O) groups excluding carboxylic acids is 3. The molecule has 0 fully saturated rings. The molecule has 0 amide bonds. The lowest BCUT2D eigenvalue weighted by molar-refractivity contribution is -0.167. The van der Waals surface area contributed by atoms with E-state index in [0.29, 0.717) is 19.3 Å². The van der Waals surface area contributed by atoms with Crippen molar-refractivity contribution in [1.29, 1.82) is 0 Å². The standard InChI is InChI=1S/C49H84O6/c1-4-7-10-13-16-19-22-23-24-25-26-27-28-31-34-37-40-43-49(52)55-46(44-53-47(50)41-38-35-32-29-20-17-14-11-8-5-2)45-54-48(51)42-39-36-33-30-21-18-15-12-9-6-3/h7,10,16,19,23-24,26-27,31,34,46H,4-6,8-9,11-15,17-18,20-22,25,28-30,32-33,35-45H2,1-3H3/b10-7-,19-16-,24-23-,27-26-,34-31-. The van der Waals surface area contributed by atoms with Gasteiger partial charge in [-0.25, -0.2) is 0 Å². The average Bonchev–Trinajstić information content (AvgIpc) is 3.18. The average molecular weight is 769 g/mol. The summed E-state index contributed by atoms with van der Waals surface area (Å²) in [5.74, 6) is -0.958. The number of hydrogen-bond donors (Lipinski definition) is 0. The minimum atomic E-state index is -0.797. The molecular weight excluding hydrogens is 685 g/mol. The van der Waals surface area contributed by atoms with E-state index in [4.69, 9.17) is 14.2 Å². The monoisotopic (exact) mass is 769 g/mol. The molecule has 0 atom stereocenters. The molecule has 0 aliphatic rings. The van der Waals surface area contributed by atoms with Gasteiger partial charge in [-0.1, -0.05) is 197 Å². The molecule has 0 N–H and O–H groups in total. The third kappa shape index (κ3) is 42.1. The van der Waals surface area contributed by atoms with E-state index in [2.05, 4.69) is 81.5 Å². The normalized spacial score (nSPS) is 12.1. The van der Waals surface area contributed by atoms with Crippen molar-refractivity contribution in [1.82, 2.24) is 0 Å². The SMILES string of the molecule is CC/C=C\C/C=C\C/C=C\C/C=C\C/C=C\CCCC(=O)OC(COC(=O)CCCCCCCCCCCC)COC(=O)CCCCCCCCCCCC. The van der Waals surface area contributed by atoms with Gasteiger partial charge in [0.25, 0.3) is 0 Å². The molecule has 6 heteroatoms. The lowest BCUT2D eigenvalue weighted by atomic mass is 10.1. The predicted molar refractivity (Wildman–Crippen MR) is 233 cm³/mol. The summed E-state index contributed by atoms with van der Waals surface area (Å²) < 4.78 is 16.6. The molecule has 0 aliphatic carbocycles. The molecular formula is C49H84O6. The first kappa shape index (κ1) is 52.1. The number of hydrogen-bond acceptors (Lipinski definition) is 6. The molecule has 0 rings (SSSR count). The van der Waals surface area contributed by atoms with Gasteiger partial charge < -0.3 is 14.2 Å². The second-order valence-corrected chi connectivity index (χ2v) is 14.9. The maximum Gasteiger partial charge on any atom is 0.306 e. The molecule has 0 saturated carbocycles. The van der Waals surface area contributed by atoms with Gasteiger partial charge in [-0.05, 0) is 57.8 Å². The van der Waals surface area contributed by atoms with E-state index < -0.39 is 6.10 Å². The summed E-state index contributed by atoms with van der Waals surface area (Å²) in [6, 6.07) is 0. The number of rotatable bonds is 40. The van der Waals surface area contributed by atoms with Crippen molar-refractivity contribution in [3.8, 4) is 0 Å². The van der Waals surface area contributed by atoms with E-state index in [0.717, 1.165) is 77.0 Å². The van der Waals surface area contributed by atoms with E-state index >= 15 is 0 Å². The second kappa shape index (κ2) is 43.8. The van der Waals surface area contributed by atoms with Crippen molar-refractivity contribution < 1.29 is 28.6 Å². The van der Waals surface area contributed by atoms with Crippen LogP contribution in [0.5, 0.6) is 0 Å². The third-order valence-corrected chi connectivity index (χ3v) is 9.54. The number of esters is 3. The van der Waals surface area contributed by atoms with Crippen LogP contribution in [-0.2, 0) is 28.6 Å². The van der Waals surface area contributed by atoms with Crippen LogP contribution in [0.25, 0.3) is 0 Å². The molecule has 0 aromatic heterocycles. The van der Waals surface area contributed by atoms with Gasteiger partial charge in [0.2, 0.25) is 0 Å². The molecule has 316 valence electrons. The summed E-state index contributed by atoms with van der Waals surface area (Å²) >= 11 is 0. The highest BCUT2D eigenvalue weighted by molar-refractivity contribution is 5.71. The Labute approximate surface area is 339 Å². The molecule has 0 radical (unpaired) electrons. The van der Waals surface area contributed by atoms with Crippen molar-refractivity contribution in [2.24, 2.45) is 0 Å². The fourth-order valence-corrected chi connectivity index (χ4v) is 6.12. The van der Waals surface area contributed by atoms with Gasteiger partial charge in [0.15, 0.2) is 6.10 Å². The summed E-state index contributed by atoms with van der Waals surface area (Å²) in [6.07, 6.45) is 52.1. The van der Waals surface area contributed by atoms with Crippen LogP contribution in [0.2, 0.25) is 0 Å². The Balaban J connectivity index is 4.46. The zero-order valence-electron chi connectivity index (χ0n) is 35.9. The van der Waals surface area contributed by atoms with Gasteiger partial charge in [-0.3, -0.25) is 14.4 Å². The quantitative estimate of drug-likeness (QED) is 0.0267. The molecule has 6 nitrogen and oxygen atoms in total. The van der Waals surface area contributed by atoms with Crippen LogP contribution in [0.15, 0.2) is 60.8 Å². The Morgan fingerprint density at radius 3 is 1.09 bits per heavy atom. The summed E-state index contributed by atoms with van der Waals surface area (Å²) in [5, 5.41) is 0. The number of carbonyl (C=O) groups is 3. The maximum absolute atomic E-state index is 12.7. The molecule has 0 spiro atoms.